The number of ether oxygens (including phenoxy) is 2. The van der Waals surface area contributed by atoms with Crippen LogP contribution in [0.2, 0.25) is 0 Å². The van der Waals surface area contributed by atoms with E-state index in [-0.39, 0.29) is 6.61 Å². The van der Waals surface area contributed by atoms with Gasteiger partial charge in [-0.1, -0.05) is 18.2 Å². The SMILES string of the molecule is COc1ccc(COc2ccc(CO)cc2)cc1CN. The van der Waals surface area contributed by atoms with Gasteiger partial charge in [0, 0.05) is 12.1 Å². The average molecular weight is 273 g/mol. The Hall–Kier alpha value is -2.04. The molecule has 0 saturated carbocycles. The van der Waals surface area contributed by atoms with Gasteiger partial charge in [0.25, 0.3) is 0 Å². The van der Waals surface area contributed by atoms with Gasteiger partial charge >= 0.3 is 0 Å². The van der Waals surface area contributed by atoms with Crippen molar-refractivity contribution in [1.82, 2.24) is 0 Å². The van der Waals surface area contributed by atoms with E-state index >= 15 is 0 Å². The van der Waals surface area contributed by atoms with Crippen LogP contribution in [0.5, 0.6) is 11.5 Å². The Balaban J connectivity index is 2.02. The molecular weight excluding hydrogens is 254 g/mol. The minimum absolute atomic E-state index is 0.0403. The first-order chi connectivity index (χ1) is 9.76. The van der Waals surface area contributed by atoms with Gasteiger partial charge in [0.1, 0.15) is 18.1 Å². The van der Waals surface area contributed by atoms with E-state index < -0.39 is 0 Å². The first kappa shape index (κ1) is 14.4. The number of hydrogen-bond acceptors (Lipinski definition) is 4. The number of rotatable bonds is 6. The maximum absolute atomic E-state index is 8.98. The summed E-state index contributed by atoms with van der Waals surface area (Å²) in [5.74, 6) is 1.57. The van der Waals surface area contributed by atoms with E-state index in [0.717, 1.165) is 28.2 Å². The number of aliphatic hydroxyl groups excluding tert-OH is 1. The molecule has 0 aliphatic carbocycles. The lowest BCUT2D eigenvalue weighted by molar-refractivity contribution is 0.280. The molecule has 106 valence electrons. The zero-order valence-electron chi connectivity index (χ0n) is 11.5. The summed E-state index contributed by atoms with van der Waals surface area (Å²) in [5.41, 5.74) is 8.56. The molecule has 4 nitrogen and oxygen atoms in total. The lowest BCUT2D eigenvalue weighted by Crippen LogP contribution is -2.02. The molecule has 0 heterocycles. The largest absolute Gasteiger partial charge is 0.496 e. The number of benzene rings is 2. The molecule has 0 aliphatic rings. The van der Waals surface area contributed by atoms with Gasteiger partial charge in [-0.15, -0.1) is 0 Å². The number of methoxy groups -OCH3 is 1. The quantitative estimate of drug-likeness (QED) is 0.847. The van der Waals surface area contributed by atoms with E-state index in [1.807, 2.05) is 42.5 Å². The summed E-state index contributed by atoms with van der Waals surface area (Å²) in [6.45, 7) is 0.941. The third-order valence-corrected chi connectivity index (χ3v) is 3.08. The second kappa shape index (κ2) is 6.93. The van der Waals surface area contributed by atoms with E-state index in [2.05, 4.69) is 0 Å². The van der Waals surface area contributed by atoms with E-state index in [9.17, 15) is 0 Å². The third-order valence-electron chi connectivity index (χ3n) is 3.08. The molecule has 0 radical (unpaired) electrons. The van der Waals surface area contributed by atoms with Crippen molar-refractivity contribution in [1.29, 1.82) is 0 Å². The molecule has 0 spiro atoms. The van der Waals surface area contributed by atoms with Crippen molar-refractivity contribution < 1.29 is 14.6 Å². The molecule has 0 aromatic heterocycles. The monoisotopic (exact) mass is 273 g/mol. The van der Waals surface area contributed by atoms with Crippen LogP contribution >= 0.6 is 0 Å². The van der Waals surface area contributed by atoms with Crippen LogP contribution in [-0.2, 0) is 19.8 Å². The lowest BCUT2D eigenvalue weighted by Gasteiger charge is -2.10. The Labute approximate surface area is 118 Å². The molecule has 2 rings (SSSR count). The number of aliphatic hydroxyl groups is 1. The van der Waals surface area contributed by atoms with Gasteiger partial charge in [0.05, 0.1) is 13.7 Å². The summed E-state index contributed by atoms with van der Waals surface area (Å²) < 4.78 is 10.9. The van der Waals surface area contributed by atoms with Gasteiger partial charge in [0.2, 0.25) is 0 Å². The van der Waals surface area contributed by atoms with E-state index in [1.165, 1.54) is 0 Å². The normalized spacial score (nSPS) is 10.3. The van der Waals surface area contributed by atoms with Crippen molar-refractivity contribution >= 4 is 0 Å². The maximum Gasteiger partial charge on any atom is 0.123 e. The van der Waals surface area contributed by atoms with Crippen LogP contribution in [0.3, 0.4) is 0 Å². The van der Waals surface area contributed by atoms with E-state index in [1.54, 1.807) is 7.11 Å². The Bertz CT molecular complexity index is 552. The molecule has 2 aromatic carbocycles. The lowest BCUT2D eigenvalue weighted by atomic mass is 10.1. The van der Waals surface area contributed by atoms with Gasteiger partial charge in [-0.2, -0.15) is 0 Å². The zero-order valence-corrected chi connectivity index (χ0v) is 11.5. The zero-order chi connectivity index (χ0) is 14.4. The Morgan fingerprint density at radius 1 is 1.05 bits per heavy atom. The molecule has 4 heteroatoms. The molecule has 0 unspecified atom stereocenters. The summed E-state index contributed by atoms with van der Waals surface area (Å²) in [5, 5.41) is 8.98. The minimum Gasteiger partial charge on any atom is -0.496 e. The molecule has 0 saturated heterocycles. The molecule has 2 aromatic rings. The average Bonchev–Trinajstić information content (AvgIpc) is 2.53. The molecule has 0 bridgehead atoms. The second-order valence-electron chi connectivity index (χ2n) is 4.44. The summed E-state index contributed by atoms with van der Waals surface area (Å²) in [7, 11) is 1.63. The molecular formula is C16H19NO3. The first-order valence-corrected chi connectivity index (χ1v) is 6.45. The summed E-state index contributed by atoms with van der Waals surface area (Å²) in [4.78, 5) is 0. The minimum atomic E-state index is 0.0403. The topological polar surface area (TPSA) is 64.7 Å². The highest BCUT2D eigenvalue weighted by atomic mass is 16.5. The van der Waals surface area contributed by atoms with Crippen LogP contribution in [0.4, 0.5) is 0 Å². The Kier molecular flexibility index (Phi) is 4.98. The summed E-state index contributed by atoms with van der Waals surface area (Å²) in [6, 6.07) is 13.2. The van der Waals surface area contributed by atoms with Gasteiger partial charge in [-0.05, 0) is 35.4 Å². The highest BCUT2D eigenvalue weighted by Gasteiger charge is 2.03. The molecule has 0 aliphatic heterocycles. The Morgan fingerprint density at radius 3 is 2.35 bits per heavy atom. The number of hydrogen-bond donors (Lipinski definition) is 2. The fourth-order valence-electron chi connectivity index (χ4n) is 1.94. The second-order valence-corrected chi connectivity index (χ2v) is 4.44. The van der Waals surface area contributed by atoms with Gasteiger partial charge in [-0.25, -0.2) is 0 Å². The van der Waals surface area contributed by atoms with Crippen molar-refractivity contribution in [2.45, 2.75) is 19.8 Å². The van der Waals surface area contributed by atoms with Crippen LogP contribution in [-0.4, -0.2) is 12.2 Å². The molecule has 0 amide bonds. The molecule has 20 heavy (non-hydrogen) atoms. The third kappa shape index (κ3) is 3.50. The summed E-state index contributed by atoms with van der Waals surface area (Å²) in [6.07, 6.45) is 0. The standard InChI is InChI=1S/C16H19NO3/c1-19-16-7-4-13(8-14(16)9-17)11-20-15-5-2-12(10-18)3-6-15/h2-8,18H,9-11,17H2,1H3. The highest BCUT2D eigenvalue weighted by molar-refractivity contribution is 5.37. The van der Waals surface area contributed by atoms with Crippen molar-refractivity contribution in [2.24, 2.45) is 5.73 Å². The number of nitrogens with two attached hydrogens (primary N) is 1. The van der Waals surface area contributed by atoms with E-state index in [4.69, 9.17) is 20.3 Å². The van der Waals surface area contributed by atoms with Crippen molar-refractivity contribution in [2.75, 3.05) is 7.11 Å². The van der Waals surface area contributed by atoms with Crippen LogP contribution < -0.4 is 15.2 Å². The first-order valence-electron chi connectivity index (χ1n) is 6.45. The fraction of sp³-hybridized carbons (Fsp3) is 0.250. The van der Waals surface area contributed by atoms with Crippen LogP contribution in [0.1, 0.15) is 16.7 Å². The van der Waals surface area contributed by atoms with Gasteiger partial charge in [-0.3, -0.25) is 0 Å². The van der Waals surface area contributed by atoms with Crippen LogP contribution in [0, 0.1) is 0 Å². The maximum atomic E-state index is 8.98. The van der Waals surface area contributed by atoms with Crippen molar-refractivity contribution in [3.8, 4) is 11.5 Å². The molecule has 0 fully saturated rings. The van der Waals surface area contributed by atoms with Gasteiger partial charge in [0.15, 0.2) is 0 Å². The molecule has 0 atom stereocenters. The predicted octanol–water partition coefficient (Wildman–Crippen LogP) is 2.23. The predicted molar refractivity (Wildman–Crippen MR) is 77.6 cm³/mol. The summed E-state index contributed by atoms with van der Waals surface area (Å²) >= 11 is 0. The van der Waals surface area contributed by atoms with Crippen molar-refractivity contribution in [3.63, 3.8) is 0 Å². The van der Waals surface area contributed by atoms with Gasteiger partial charge < -0.3 is 20.3 Å². The highest BCUT2D eigenvalue weighted by Crippen LogP contribution is 2.21. The van der Waals surface area contributed by atoms with Crippen LogP contribution in [0.25, 0.3) is 0 Å². The molecule has 3 N–H and O–H groups in total. The van der Waals surface area contributed by atoms with Crippen LogP contribution in [0.15, 0.2) is 42.5 Å². The fourth-order valence-corrected chi connectivity index (χ4v) is 1.94. The Morgan fingerprint density at radius 2 is 1.75 bits per heavy atom. The van der Waals surface area contributed by atoms with E-state index in [0.29, 0.717) is 13.2 Å². The van der Waals surface area contributed by atoms with Crippen molar-refractivity contribution in [3.05, 3.63) is 59.2 Å². The smallest absolute Gasteiger partial charge is 0.123 e.